The fourth-order valence-corrected chi connectivity index (χ4v) is 3.20. The highest BCUT2D eigenvalue weighted by atomic mass is 32.2. The number of hydrogen-bond donors (Lipinski definition) is 1. The molecule has 1 saturated heterocycles. The average Bonchev–Trinajstić information content (AvgIpc) is 3.07. The van der Waals surface area contributed by atoms with Crippen LogP contribution in [0.25, 0.3) is 0 Å². The van der Waals surface area contributed by atoms with Gasteiger partial charge >= 0.3 is 5.97 Å². The number of thioether (sulfide) groups is 1. The summed E-state index contributed by atoms with van der Waals surface area (Å²) < 4.78 is 10.7. The van der Waals surface area contributed by atoms with E-state index in [1.807, 2.05) is 18.2 Å². The summed E-state index contributed by atoms with van der Waals surface area (Å²) in [5.41, 5.74) is 0.466. The fraction of sp³-hybridized carbons (Fsp3) is 0.211. The summed E-state index contributed by atoms with van der Waals surface area (Å²) in [5.74, 6) is 0.663. The van der Waals surface area contributed by atoms with Gasteiger partial charge in [0, 0.05) is 12.3 Å². The number of para-hydroxylation sites is 3. The zero-order valence-corrected chi connectivity index (χ0v) is 15.2. The maximum Gasteiger partial charge on any atom is 0.326 e. The van der Waals surface area contributed by atoms with E-state index in [-0.39, 0.29) is 11.8 Å². The van der Waals surface area contributed by atoms with Crippen molar-refractivity contribution in [1.82, 2.24) is 4.90 Å². The SMILES string of the molecule is O=C(COC(=O)CN1CCSC1=O)Nc1ccccc1Oc1ccccc1. The first-order chi connectivity index (χ1) is 13.1. The molecular weight excluding hydrogens is 368 g/mol. The van der Waals surface area contributed by atoms with Crippen molar-refractivity contribution >= 4 is 34.6 Å². The second-order valence-corrected chi connectivity index (χ2v) is 6.70. The Kier molecular flexibility index (Phi) is 6.32. The molecule has 0 bridgehead atoms. The lowest BCUT2D eigenvalue weighted by Gasteiger charge is -2.14. The quantitative estimate of drug-likeness (QED) is 0.736. The Morgan fingerprint density at radius 3 is 2.56 bits per heavy atom. The zero-order chi connectivity index (χ0) is 19.1. The standard InChI is InChI=1S/C19H18N2O5S/c22-17(13-25-18(23)12-21-10-11-27-19(21)24)20-15-8-4-5-9-16(15)26-14-6-2-1-3-7-14/h1-9H,10-13H2,(H,20,22). The molecule has 1 aliphatic rings. The van der Waals surface area contributed by atoms with Gasteiger partial charge in [-0.2, -0.15) is 0 Å². The number of benzene rings is 2. The largest absolute Gasteiger partial charge is 0.455 e. The molecule has 0 aromatic heterocycles. The molecule has 27 heavy (non-hydrogen) atoms. The third-order valence-corrected chi connectivity index (χ3v) is 4.55. The Morgan fingerprint density at radius 1 is 1.07 bits per heavy atom. The molecule has 2 aromatic carbocycles. The van der Waals surface area contributed by atoms with E-state index in [4.69, 9.17) is 9.47 Å². The van der Waals surface area contributed by atoms with E-state index in [2.05, 4.69) is 5.32 Å². The summed E-state index contributed by atoms with van der Waals surface area (Å²) in [6, 6.07) is 16.2. The molecule has 7 nitrogen and oxygen atoms in total. The maximum absolute atomic E-state index is 12.1. The summed E-state index contributed by atoms with van der Waals surface area (Å²) >= 11 is 1.16. The average molecular weight is 386 g/mol. The highest BCUT2D eigenvalue weighted by Crippen LogP contribution is 2.29. The van der Waals surface area contributed by atoms with Gasteiger partial charge in [-0.3, -0.25) is 14.4 Å². The van der Waals surface area contributed by atoms with E-state index in [0.29, 0.717) is 29.5 Å². The molecule has 1 aliphatic heterocycles. The number of ether oxygens (including phenoxy) is 2. The minimum absolute atomic E-state index is 0.146. The molecule has 1 N–H and O–H groups in total. The first-order valence-electron chi connectivity index (χ1n) is 8.31. The minimum atomic E-state index is -0.616. The van der Waals surface area contributed by atoms with Gasteiger partial charge in [-0.25, -0.2) is 0 Å². The summed E-state index contributed by atoms with van der Waals surface area (Å²) in [7, 11) is 0. The molecule has 1 fully saturated rings. The van der Waals surface area contributed by atoms with Crippen molar-refractivity contribution in [2.24, 2.45) is 0 Å². The Morgan fingerprint density at radius 2 is 1.81 bits per heavy atom. The van der Waals surface area contributed by atoms with Crippen molar-refractivity contribution in [3.05, 3.63) is 54.6 Å². The van der Waals surface area contributed by atoms with Crippen LogP contribution in [0.4, 0.5) is 10.5 Å². The number of hydrogen-bond acceptors (Lipinski definition) is 6. The van der Waals surface area contributed by atoms with Gasteiger partial charge < -0.3 is 19.7 Å². The molecule has 2 amide bonds. The van der Waals surface area contributed by atoms with Gasteiger partial charge in [0.05, 0.1) is 5.69 Å². The molecule has 2 aromatic rings. The topological polar surface area (TPSA) is 84.9 Å². The second-order valence-electron chi connectivity index (χ2n) is 5.66. The third-order valence-electron chi connectivity index (χ3n) is 3.66. The van der Waals surface area contributed by atoms with Crippen molar-refractivity contribution in [3.8, 4) is 11.5 Å². The van der Waals surface area contributed by atoms with E-state index < -0.39 is 18.5 Å². The molecule has 0 aliphatic carbocycles. The Bertz CT molecular complexity index is 828. The number of nitrogens with one attached hydrogen (secondary N) is 1. The van der Waals surface area contributed by atoms with Crippen molar-refractivity contribution in [2.75, 3.05) is 30.8 Å². The normalized spacial score (nSPS) is 13.3. The Balaban J connectivity index is 1.52. The number of amides is 2. The molecule has 0 radical (unpaired) electrons. The molecule has 1 heterocycles. The van der Waals surface area contributed by atoms with Crippen LogP contribution >= 0.6 is 11.8 Å². The molecule has 0 atom stereocenters. The van der Waals surface area contributed by atoms with Crippen LogP contribution in [0.5, 0.6) is 11.5 Å². The fourth-order valence-electron chi connectivity index (χ4n) is 2.38. The number of rotatable bonds is 7. The number of anilines is 1. The van der Waals surface area contributed by atoms with Crippen LogP contribution in [-0.4, -0.2) is 47.5 Å². The molecule has 0 saturated carbocycles. The van der Waals surface area contributed by atoms with Gasteiger partial charge in [-0.15, -0.1) is 0 Å². The Labute approximate surface area is 160 Å². The van der Waals surface area contributed by atoms with Crippen LogP contribution in [0, 0.1) is 0 Å². The zero-order valence-electron chi connectivity index (χ0n) is 14.4. The van der Waals surface area contributed by atoms with Crippen molar-refractivity contribution in [2.45, 2.75) is 0 Å². The summed E-state index contributed by atoms with van der Waals surface area (Å²) in [6.07, 6.45) is 0. The first-order valence-corrected chi connectivity index (χ1v) is 9.29. The number of nitrogens with zero attached hydrogens (tertiary/aromatic N) is 1. The van der Waals surface area contributed by atoms with E-state index in [1.165, 1.54) is 4.90 Å². The predicted molar refractivity (Wildman–Crippen MR) is 102 cm³/mol. The molecule has 3 rings (SSSR count). The Hall–Kier alpha value is -3.00. The maximum atomic E-state index is 12.1. The smallest absolute Gasteiger partial charge is 0.326 e. The monoisotopic (exact) mass is 386 g/mol. The molecule has 0 spiro atoms. The number of esters is 1. The van der Waals surface area contributed by atoms with Crippen molar-refractivity contribution < 1.29 is 23.9 Å². The van der Waals surface area contributed by atoms with E-state index >= 15 is 0 Å². The van der Waals surface area contributed by atoms with Gasteiger partial charge in [0.1, 0.15) is 12.3 Å². The summed E-state index contributed by atoms with van der Waals surface area (Å²) in [6.45, 7) is -0.0739. The van der Waals surface area contributed by atoms with E-state index in [1.54, 1.807) is 36.4 Å². The highest BCUT2D eigenvalue weighted by molar-refractivity contribution is 8.13. The van der Waals surface area contributed by atoms with Gasteiger partial charge in [0.25, 0.3) is 11.1 Å². The van der Waals surface area contributed by atoms with Gasteiger partial charge in [-0.1, -0.05) is 42.1 Å². The first kappa shape index (κ1) is 18.8. The molecule has 8 heteroatoms. The van der Waals surface area contributed by atoms with Crippen LogP contribution in [0.15, 0.2) is 54.6 Å². The van der Waals surface area contributed by atoms with E-state index in [0.717, 1.165) is 11.8 Å². The third kappa shape index (κ3) is 5.49. The van der Waals surface area contributed by atoms with E-state index in [9.17, 15) is 14.4 Å². The van der Waals surface area contributed by atoms with Gasteiger partial charge in [0.2, 0.25) is 0 Å². The van der Waals surface area contributed by atoms with Crippen LogP contribution in [0.2, 0.25) is 0 Å². The predicted octanol–water partition coefficient (Wildman–Crippen LogP) is 3.13. The van der Waals surface area contributed by atoms with Crippen molar-refractivity contribution in [1.29, 1.82) is 0 Å². The molecular formula is C19H18N2O5S. The van der Waals surface area contributed by atoms with Gasteiger partial charge in [0.15, 0.2) is 12.4 Å². The van der Waals surface area contributed by atoms with Crippen LogP contribution in [-0.2, 0) is 14.3 Å². The molecule has 0 unspecified atom stereocenters. The minimum Gasteiger partial charge on any atom is -0.455 e. The lowest BCUT2D eigenvalue weighted by molar-refractivity contribution is -0.147. The number of carbonyl (C=O) groups excluding carboxylic acids is 3. The van der Waals surface area contributed by atoms with Crippen LogP contribution in [0.1, 0.15) is 0 Å². The summed E-state index contributed by atoms with van der Waals surface area (Å²) in [5, 5.41) is 2.51. The van der Waals surface area contributed by atoms with Crippen LogP contribution in [0.3, 0.4) is 0 Å². The second kappa shape index (κ2) is 9.09. The molecule has 140 valence electrons. The summed E-state index contributed by atoms with van der Waals surface area (Å²) in [4.78, 5) is 36.7. The van der Waals surface area contributed by atoms with Crippen LogP contribution < -0.4 is 10.1 Å². The highest BCUT2D eigenvalue weighted by Gasteiger charge is 2.24. The van der Waals surface area contributed by atoms with Gasteiger partial charge in [-0.05, 0) is 24.3 Å². The van der Waals surface area contributed by atoms with Crippen molar-refractivity contribution in [3.63, 3.8) is 0 Å². The lowest BCUT2D eigenvalue weighted by Crippen LogP contribution is -2.32. The number of carbonyl (C=O) groups is 3. The lowest BCUT2D eigenvalue weighted by atomic mass is 10.3.